The van der Waals surface area contributed by atoms with Crippen molar-refractivity contribution in [2.24, 2.45) is 5.73 Å². The van der Waals surface area contributed by atoms with E-state index in [9.17, 15) is 13.6 Å². The summed E-state index contributed by atoms with van der Waals surface area (Å²) in [4.78, 5) is 13.3. The van der Waals surface area contributed by atoms with Gasteiger partial charge in [-0.15, -0.1) is 23.7 Å². The number of rotatable bonds is 5. The number of para-hydroxylation sites is 1. The fourth-order valence-electron chi connectivity index (χ4n) is 2.27. The molecular weight excluding hydrogens is 370 g/mol. The van der Waals surface area contributed by atoms with E-state index in [2.05, 4.69) is 10.4 Å². The summed E-state index contributed by atoms with van der Waals surface area (Å²) in [7, 11) is 0. The summed E-state index contributed by atoms with van der Waals surface area (Å²) in [5.74, 6) is -3.65. The molecular formula is C16H17ClF2N4OS. The Morgan fingerprint density at radius 2 is 2.04 bits per heavy atom. The van der Waals surface area contributed by atoms with Crippen LogP contribution in [0.4, 0.5) is 8.78 Å². The van der Waals surface area contributed by atoms with E-state index in [1.54, 1.807) is 10.7 Å². The number of alkyl halides is 2. The zero-order valence-corrected chi connectivity index (χ0v) is 15.0. The van der Waals surface area contributed by atoms with Gasteiger partial charge in [-0.3, -0.25) is 4.79 Å². The Bertz CT molecular complexity index is 879. The van der Waals surface area contributed by atoms with Crippen LogP contribution in [0.5, 0.6) is 0 Å². The predicted molar refractivity (Wildman–Crippen MR) is 97.3 cm³/mol. The minimum Gasteiger partial charge on any atom is -0.345 e. The second-order valence-electron chi connectivity index (χ2n) is 5.40. The molecule has 5 nitrogen and oxygen atoms in total. The Kier molecular flexibility index (Phi) is 5.76. The molecule has 0 bridgehead atoms. The summed E-state index contributed by atoms with van der Waals surface area (Å²) in [6, 6.07) is 11.2. The maximum Gasteiger partial charge on any atom is 0.277 e. The summed E-state index contributed by atoms with van der Waals surface area (Å²) in [6.07, 6.45) is 0. The van der Waals surface area contributed by atoms with Crippen molar-refractivity contribution in [3.05, 3.63) is 47.0 Å². The number of aromatic nitrogens is 2. The van der Waals surface area contributed by atoms with Gasteiger partial charge in [0.15, 0.2) is 0 Å². The standard InChI is InChI=1S/C16H16F2N4OS.ClH/c1-10-12-7-13(14(23)20-9-16(17,18)8-19)24-15(12)22(21-10)11-5-3-2-4-6-11;/h2-7H,8-9,19H2,1H3,(H,20,23);1H. The molecule has 0 saturated carbocycles. The van der Waals surface area contributed by atoms with Crippen LogP contribution in [0.2, 0.25) is 0 Å². The van der Waals surface area contributed by atoms with Gasteiger partial charge in [-0.1, -0.05) is 18.2 Å². The molecule has 0 radical (unpaired) electrons. The van der Waals surface area contributed by atoms with Crippen molar-refractivity contribution >= 4 is 39.9 Å². The van der Waals surface area contributed by atoms with E-state index in [0.717, 1.165) is 21.6 Å². The number of amides is 1. The molecule has 1 amide bonds. The molecule has 0 aliphatic rings. The van der Waals surface area contributed by atoms with Crippen LogP contribution >= 0.6 is 23.7 Å². The quantitative estimate of drug-likeness (QED) is 0.707. The average Bonchev–Trinajstić information content (AvgIpc) is 3.14. The molecule has 2 heterocycles. The summed E-state index contributed by atoms with van der Waals surface area (Å²) < 4.78 is 28.1. The number of aryl methyl sites for hydroxylation is 1. The van der Waals surface area contributed by atoms with Crippen LogP contribution in [0, 0.1) is 6.92 Å². The lowest BCUT2D eigenvalue weighted by molar-refractivity contribution is 0.0119. The first-order valence-electron chi connectivity index (χ1n) is 7.32. The normalized spacial score (nSPS) is 11.4. The lowest BCUT2D eigenvalue weighted by Gasteiger charge is -2.13. The number of carbonyl (C=O) groups is 1. The zero-order chi connectivity index (χ0) is 17.3. The van der Waals surface area contributed by atoms with Gasteiger partial charge in [0, 0.05) is 5.39 Å². The van der Waals surface area contributed by atoms with Crippen LogP contribution in [-0.2, 0) is 0 Å². The number of hydrogen-bond acceptors (Lipinski definition) is 4. The molecule has 134 valence electrons. The van der Waals surface area contributed by atoms with Crippen molar-refractivity contribution in [2.45, 2.75) is 12.8 Å². The van der Waals surface area contributed by atoms with Crippen molar-refractivity contribution in [3.8, 4) is 5.69 Å². The largest absolute Gasteiger partial charge is 0.345 e. The van der Waals surface area contributed by atoms with E-state index < -0.39 is 24.9 Å². The van der Waals surface area contributed by atoms with Crippen molar-refractivity contribution < 1.29 is 13.6 Å². The third-order valence-electron chi connectivity index (χ3n) is 3.58. The molecule has 0 aliphatic heterocycles. The van der Waals surface area contributed by atoms with E-state index in [0.29, 0.717) is 4.88 Å². The van der Waals surface area contributed by atoms with Gasteiger partial charge in [0.2, 0.25) is 0 Å². The Hall–Kier alpha value is -2.03. The lowest BCUT2D eigenvalue weighted by Crippen LogP contribution is -2.41. The molecule has 0 saturated heterocycles. The molecule has 2 aromatic heterocycles. The number of nitrogens with one attached hydrogen (secondary N) is 1. The van der Waals surface area contributed by atoms with E-state index in [4.69, 9.17) is 5.73 Å². The SMILES string of the molecule is Cc1nn(-c2ccccc2)c2sc(C(=O)NCC(F)(F)CN)cc12.Cl. The second-order valence-corrected chi connectivity index (χ2v) is 6.44. The molecule has 3 N–H and O–H groups in total. The van der Waals surface area contributed by atoms with Crippen LogP contribution in [0.1, 0.15) is 15.4 Å². The molecule has 0 unspecified atom stereocenters. The van der Waals surface area contributed by atoms with Crippen LogP contribution < -0.4 is 11.1 Å². The molecule has 3 aromatic rings. The van der Waals surface area contributed by atoms with E-state index in [-0.39, 0.29) is 12.4 Å². The van der Waals surface area contributed by atoms with Crippen molar-refractivity contribution in [1.29, 1.82) is 0 Å². The lowest BCUT2D eigenvalue weighted by atomic mass is 10.3. The highest BCUT2D eigenvalue weighted by Crippen LogP contribution is 2.30. The predicted octanol–water partition coefficient (Wildman–Crippen LogP) is 3.14. The number of nitrogens with zero attached hydrogens (tertiary/aromatic N) is 2. The molecule has 0 spiro atoms. The summed E-state index contributed by atoms with van der Waals surface area (Å²) in [5.41, 5.74) is 6.62. The van der Waals surface area contributed by atoms with E-state index >= 15 is 0 Å². The average molecular weight is 387 g/mol. The number of hydrogen-bond donors (Lipinski definition) is 2. The fraction of sp³-hybridized carbons (Fsp3) is 0.250. The van der Waals surface area contributed by atoms with Crippen LogP contribution in [-0.4, -0.2) is 34.7 Å². The molecule has 25 heavy (non-hydrogen) atoms. The molecule has 0 aliphatic carbocycles. The first-order valence-corrected chi connectivity index (χ1v) is 8.13. The fourth-order valence-corrected chi connectivity index (χ4v) is 3.37. The summed E-state index contributed by atoms with van der Waals surface area (Å²) in [6.45, 7) is 0.265. The van der Waals surface area contributed by atoms with Crippen molar-refractivity contribution in [2.75, 3.05) is 13.1 Å². The van der Waals surface area contributed by atoms with E-state index in [1.165, 1.54) is 11.3 Å². The number of thiophene rings is 1. The van der Waals surface area contributed by atoms with Gasteiger partial charge in [0.25, 0.3) is 11.8 Å². The smallest absolute Gasteiger partial charge is 0.277 e. The van der Waals surface area contributed by atoms with Crippen LogP contribution in [0.25, 0.3) is 15.9 Å². The number of carbonyl (C=O) groups excluding carboxylic acids is 1. The molecule has 9 heteroatoms. The van der Waals surface area contributed by atoms with Gasteiger partial charge in [-0.25, -0.2) is 13.5 Å². The number of benzene rings is 1. The van der Waals surface area contributed by atoms with Gasteiger partial charge in [0.1, 0.15) is 4.83 Å². The number of nitrogens with two attached hydrogens (primary N) is 1. The zero-order valence-electron chi connectivity index (χ0n) is 13.3. The Labute approximate surface area is 153 Å². The first-order chi connectivity index (χ1) is 11.4. The highest BCUT2D eigenvalue weighted by atomic mass is 35.5. The third-order valence-corrected chi connectivity index (χ3v) is 4.68. The highest BCUT2D eigenvalue weighted by Gasteiger charge is 2.28. The minimum atomic E-state index is -3.11. The summed E-state index contributed by atoms with van der Waals surface area (Å²) >= 11 is 1.22. The molecule has 1 aromatic carbocycles. The van der Waals surface area contributed by atoms with Gasteiger partial charge < -0.3 is 11.1 Å². The Morgan fingerprint density at radius 1 is 1.36 bits per heavy atom. The Balaban J connectivity index is 0.00000225. The molecule has 0 fully saturated rings. The third kappa shape index (κ3) is 3.97. The number of halogens is 3. The van der Waals surface area contributed by atoms with E-state index in [1.807, 2.05) is 37.3 Å². The van der Waals surface area contributed by atoms with Crippen LogP contribution in [0.15, 0.2) is 36.4 Å². The minimum absolute atomic E-state index is 0. The van der Waals surface area contributed by atoms with Crippen LogP contribution in [0.3, 0.4) is 0 Å². The molecule has 3 rings (SSSR count). The van der Waals surface area contributed by atoms with Gasteiger partial charge in [-0.2, -0.15) is 5.10 Å². The topological polar surface area (TPSA) is 72.9 Å². The maximum absolute atomic E-state index is 13.2. The van der Waals surface area contributed by atoms with Crippen molar-refractivity contribution in [1.82, 2.24) is 15.1 Å². The molecule has 0 atom stereocenters. The number of fused-ring (bicyclic) bond motifs is 1. The maximum atomic E-state index is 13.2. The van der Waals surface area contributed by atoms with Crippen molar-refractivity contribution in [3.63, 3.8) is 0 Å². The summed E-state index contributed by atoms with van der Waals surface area (Å²) in [5, 5.41) is 7.54. The Morgan fingerprint density at radius 3 is 2.68 bits per heavy atom. The second kappa shape index (κ2) is 7.47. The van der Waals surface area contributed by atoms with Gasteiger partial charge >= 0.3 is 0 Å². The van der Waals surface area contributed by atoms with Gasteiger partial charge in [0.05, 0.1) is 29.3 Å². The monoisotopic (exact) mass is 386 g/mol. The highest BCUT2D eigenvalue weighted by molar-refractivity contribution is 7.20. The first kappa shape index (κ1) is 19.3. The van der Waals surface area contributed by atoms with Gasteiger partial charge in [-0.05, 0) is 25.1 Å².